The van der Waals surface area contributed by atoms with E-state index in [4.69, 9.17) is 5.11 Å². The molecule has 0 saturated carbocycles. The van der Waals surface area contributed by atoms with Gasteiger partial charge in [-0.15, -0.1) is 0 Å². The molecule has 1 aromatic rings. The van der Waals surface area contributed by atoms with Crippen LogP contribution in [0.5, 0.6) is 0 Å². The molecule has 100 valence electrons. The molecule has 1 rings (SSSR count). The van der Waals surface area contributed by atoms with Gasteiger partial charge in [0, 0.05) is 11.0 Å². The number of rotatable bonds is 3. The van der Waals surface area contributed by atoms with Crippen LogP contribution in [0.4, 0.5) is 13.2 Å². The Morgan fingerprint density at radius 3 is 2.61 bits per heavy atom. The highest BCUT2D eigenvalue weighted by Gasteiger charge is 2.31. The van der Waals surface area contributed by atoms with Gasteiger partial charge >= 0.3 is 6.18 Å². The highest BCUT2D eigenvalue weighted by molar-refractivity contribution is 9.10. The van der Waals surface area contributed by atoms with E-state index in [9.17, 15) is 18.0 Å². The molecule has 0 bridgehead atoms. The van der Waals surface area contributed by atoms with Gasteiger partial charge in [0.15, 0.2) is 0 Å². The first-order valence-corrected chi connectivity index (χ1v) is 5.84. The van der Waals surface area contributed by atoms with Crippen molar-refractivity contribution >= 4 is 21.8 Å². The van der Waals surface area contributed by atoms with Gasteiger partial charge in [-0.1, -0.05) is 0 Å². The largest absolute Gasteiger partial charge is 0.416 e. The first-order chi connectivity index (χ1) is 8.21. The lowest BCUT2D eigenvalue weighted by molar-refractivity contribution is -0.137. The van der Waals surface area contributed by atoms with Crippen molar-refractivity contribution in [1.82, 2.24) is 5.32 Å². The lowest BCUT2D eigenvalue weighted by Crippen LogP contribution is -2.31. The number of halogens is 4. The van der Waals surface area contributed by atoms with Crippen LogP contribution in [-0.4, -0.2) is 23.7 Å². The number of benzene rings is 1. The summed E-state index contributed by atoms with van der Waals surface area (Å²) in [5.41, 5.74) is -1.02. The first kappa shape index (κ1) is 15.0. The van der Waals surface area contributed by atoms with Crippen molar-refractivity contribution in [2.45, 2.75) is 19.2 Å². The topological polar surface area (TPSA) is 49.3 Å². The Labute approximate surface area is 110 Å². The smallest absolute Gasteiger partial charge is 0.392 e. The second-order valence-corrected chi connectivity index (χ2v) is 4.61. The Balaban J connectivity index is 2.97. The summed E-state index contributed by atoms with van der Waals surface area (Å²) < 4.78 is 37.7. The van der Waals surface area contributed by atoms with E-state index in [1.807, 2.05) is 0 Å². The highest BCUT2D eigenvalue weighted by Crippen LogP contribution is 2.31. The lowest BCUT2D eigenvalue weighted by Gasteiger charge is -2.11. The summed E-state index contributed by atoms with van der Waals surface area (Å²) in [4.78, 5) is 11.6. The van der Waals surface area contributed by atoms with E-state index in [1.165, 1.54) is 13.0 Å². The van der Waals surface area contributed by atoms with E-state index >= 15 is 0 Å². The Kier molecular flexibility index (Phi) is 4.75. The van der Waals surface area contributed by atoms with Gasteiger partial charge in [-0.25, -0.2) is 0 Å². The van der Waals surface area contributed by atoms with E-state index < -0.39 is 23.8 Å². The first-order valence-electron chi connectivity index (χ1n) is 5.05. The standard InChI is InChI=1S/C11H11BrF3NO2/c1-6(17)5-16-10(18)8-4-7(11(13,14)15)2-3-9(8)12/h2-4,6,17H,5H2,1H3,(H,16,18)/t6-/m1/s1. The van der Waals surface area contributed by atoms with Crippen molar-refractivity contribution in [3.63, 3.8) is 0 Å². The molecule has 0 radical (unpaired) electrons. The third kappa shape index (κ3) is 3.99. The number of alkyl halides is 3. The molecular formula is C11H11BrF3NO2. The van der Waals surface area contributed by atoms with E-state index in [1.54, 1.807) is 0 Å². The Morgan fingerprint density at radius 2 is 2.11 bits per heavy atom. The molecule has 0 unspecified atom stereocenters. The van der Waals surface area contributed by atoms with Crippen molar-refractivity contribution in [3.05, 3.63) is 33.8 Å². The van der Waals surface area contributed by atoms with E-state index in [-0.39, 0.29) is 16.6 Å². The van der Waals surface area contributed by atoms with Crippen LogP contribution in [-0.2, 0) is 6.18 Å². The maximum absolute atomic E-state index is 12.5. The molecule has 2 N–H and O–H groups in total. The van der Waals surface area contributed by atoms with Gasteiger partial charge in [0.2, 0.25) is 0 Å². The van der Waals surface area contributed by atoms with Crippen molar-refractivity contribution < 1.29 is 23.1 Å². The van der Waals surface area contributed by atoms with Crippen LogP contribution < -0.4 is 5.32 Å². The molecule has 0 fully saturated rings. The van der Waals surface area contributed by atoms with E-state index in [2.05, 4.69) is 21.2 Å². The van der Waals surface area contributed by atoms with Gasteiger partial charge in [0.1, 0.15) is 0 Å². The van der Waals surface area contributed by atoms with Gasteiger partial charge in [-0.05, 0) is 41.1 Å². The van der Waals surface area contributed by atoms with Gasteiger partial charge in [0.25, 0.3) is 5.91 Å². The van der Waals surface area contributed by atoms with E-state index in [0.29, 0.717) is 0 Å². The minimum Gasteiger partial charge on any atom is -0.392 e. The van der Waals surface area contributed by atoms with Crippen LogP contribution in [0.3, 0.4) is 0 Å². The maximum Gasteiger partial charge on any atom is 0.416 e. The molecule has 7 heteroatoms. The van der Waals surface area contributed by atoms with Gasteiger partial charge in [-0.2, -0.15) is 13.2 Å². The maximum atomic E-state index is 12.5. The molecule has 0 aromatic heterocycles. The molecule has 0 saturated heterocycles. The van der Waals surface area contributed by atoms with Crippen LogP contribution in [0.1, 0.15) is 22.8 Å². The predicted molar refractivity (Wildman–Crippen MR) is 63.2 cm³/mol. The summed E-state index contributed by atoms with van der Waals surface area (Å²) in [6.07, 6.45) is -5.27. The fourth-order valence-corrected chi connectivity index (χ4v) is 1.64. The minimum atomic E-state index is -4.50. The van der Waals surface area contributed by atoms with Crippen LogP contribution in [0.2, 0.25) is 0 Å². The zero-order chi connectivity index (χ0) is 13.9. The molecule has 1 amide bonds. The fourth-order valence-electron chi connectivity index (χ4n) is 1.21. The number of hydrogen-bond donors (Lipinski definition) is 2. The number of amides is 1. The summed E-state index contributed by atoms with van der Waals surface area (Å²) >= 11 is 3.01. The number of aliphatic hydroxyl groups is 1. The highest BCUT2D eigenvalue weighted by atomic mass is 79.9. The molecule has 0 aliphatic carbocycles. The number of carbonyl (C=O) groups excluding carboxylic acids is 1. The number of aliphatic hydroxyl groups excluding tert-OH is 1. The normalized spacial score (nSPS) is 13.2. The molecule has 0 spiro atoms. The molecule has 3 nitrogen and oxygen atoms in total. The van der Waals surface area contributed by atoms with Gasteiger partial charge in [0.05, 0.1) is 17.2 Å². The average molecular weight is 326 g/mol. The van der Waals surface area contributed by atoms with Crippen LogP contribution >= 0.6 is 15.9 Å². The minimum absolute atomic E-state index is 0.0263. The summed E-state index contributed by atoms with van der Waals surface area (Å²) in [7, 11) is 0. The third-order valence-electron chi connectivity index (χ3n) is 2.10. The number of carbonyl (C=O) groups is 1. The van der Waals surface area contributed by atoms with Crippen molar-refractivity contribution in [1.29, 1.82) is 0 Å². The molecule has 1 atom stereocenters. The van der Waals surface area contributed by atoms with Gasteiger partial charge in [-0.3, -0.25) is 4.79 Å². The molecular weight excluding hydrogens is 315 g/mol. The Hall–Kier alpha value is -1.08. The molecule has 0 aliphatic heterocycles. The number of hydrogen-bond acceptors (Lipinski definition) is 2. The summed E-state index contributed by atoms with van der Waals surface area (Å²) in [5, 5.41) is 11.3. The monoisotopic (exact) mass is 325 g/mol. The molecule has 18 heavy (non-hydrogen) atoms. The molecule has 0 aliphatic rings. The van der Waals surface area contributed by atoms with Crippen molar-refractivity contribution in [2.24, 2.45) is 0 Å². The van der Waals surface area contributed by atoms with Crippen LogP contribution in [0.25, 0.3) is 0 Å². The molecule has 1 aromatic carbocycles. The van der Waals surface area contributed by atoms with Crippen LogP contribution in [0, 0.1) is 0 Å². The summed E-state index contributed by atoms with van der Waals surface area (Å²) in [6.45, 7) is 1.43. The second-order valence-electron chi connectivity index (χ2n) is 3.75. The molecule has 0 heterocycles. The summed E-state index contributed by atoms with van der Waals surface area (Å²) in [6, 6.07) is 2.82. The fraction of sp³-hybridized carbons (Fsp3) is 0.364. The SMILES string of the molecule is C[C@@H](O)CNC(=O)c1cc(C(F)(F)F)ccc1Br. The zero-order valence-corrected chi connectivity index (χ0v) is 11.0. The average Bonchev–Trinajstić information content (AvgIpc) is 2.24. The zero-order valence-electron chi connectivity index (χ0n) is 9.38. The van der Waals surface area contributed by atoms with Gasteiger partial charge < -0.3 is 10.4 Å². The van der Waals surface area contributed by atoms with Crippen LogP contribution in [0.15, 0.2) is 22.7 Å². The predicted octanol–water partition coefficient (Wildman–Crippen LogP) is 2.58. The summed E-state index contributed by atoms with van der Waals surface area (Å²) in [5.74, 6) is -0.672. The second kappa shape index (κ2) is 5.71. The van der Waals surface area contributed by atoms with E-state index in [0.717, 1.165) is 12.1 Å². The third-order valence-corrected chi connectivity index (χ3v) is 2.79. The number of nitrogens with one attached hydrogen (secondary N) is 1. The van der Waals surface area contributed by atoms with Crippen molar-refractivity contribution in [3.8, 4) is 0 Å². The van der Waals surface area contributed by atoms with Crippen molar-refractivity contribution in [2.75, 3.05) is 6.54 Å². The Morgan fingerprint density at radius 1 is 1.50 bits per heavy atom. The lowest BCUT2D eigenvalue weighted by atomic mass is 10.1. The quantitative estimate of drug-likeness (QED) is 0.897. The Bertz CT molecular complexity index is 446.